The molecule has 4 heteroatoms. The van der Waals surface area contributed by atoms with Gasteiger partial charge in [0.05, 0.1) is 0 Å². The zero-order chi connectivity index (χ0) is 8.85. The first-order chi connectivity index (χ1) is 5.09. The summed E-state index contributed by atoms with van der Waals surface area (Å²) in [5.41, 5.74) is 0.344. The summed E-state index contributed by atoms with van der Waals surface area (Å²) in [5, 5.41) is 16.2. The molecule has 0 atom stereocenters. The minimum atomic E-state index is -0.779. The van der Waals surface area contributed by atoms with E-state index in [1.165, 1.54) is 6.92 Å². The largest absolute Gasteiger partial charge is 0.298 e. The number of hydroxylamine groups is 2. The molecule has 2 N–H and O–H groups in total. The first-order valence-corrected chi connectivity index (χ1v) is 3.48. The maximum Gasteiger partial charge on any atom is 0.298 e. The van der Waals surface area contributed by atoms with E-state index in [-0.39, 0.29) is 0 Å². The summed E-state index contributed by atoms with van der Waals surface area (Å²) in [6.45, 7) is 3.52. The second-order valence-corrected chi connectivity index (χ2v) is 2.27. The lowest BCUT2D eigenvalue weighted by Crippen LogP contribution is -2.23. The third kappa shape index (κ3) is 3.75. The van der Waals surface area contributed by atoms with Crippen LogP contribution < -0.4 is 0 Å². The predicted octanol–water partition coefficient (Wildman–Crippen LogP) is 1.34. The highest BCUT2D eigenvalue weighted by Gasteiger charge is 2.08. The Kier molecular flexibility index (Phi) is 4.49. The summed E-state index contributed by atoms with van der Waals surface area (Å²) in [5.74, 6) is -0.779. The first kappa shape index (κ1) is 10.1. The molecule has 0 aromatic rings. The minimum absolute atomic E-state index is 0.344. The van der Waals surface area contributed by atoms with E-state index in [4.69, 9.17) is 10.4 Å². The van der Waals surface area contributed by atoms with E-state index in [0.29, 0.717) is 5.57 Å². The minimum Gasteiger partial charge on any atom is -0.265 e. The van der Waals surface area contributed by atoms with E-state index in [0.717, 1.165) is 12.8 Å². The second kappa shape index (κ2) is 4.87. The van der Waals surface area contributed by atoms with Crippen molar-refractivity contribution in [2.45, 2.75) is 26.7 Å². The van der Waals surface area contributed by atoms with Crippen LogP contribution in [-0.2, 0) is 4.79 Å². The number of unbranched alkanes of at least 4 members (excludes halogenated alkanes) is 1. The zero-order valence-electron chi connectivity index (χ0n) is 6.74. The van der Waals surface area contributed by atoms with Crippen molar-refractivity contribution in [3.05, 3.63) is 11.6 Å². The van der Waals surface area contributed by atoms with Crippen LogP contribution in [0.2, 0.25) is 0 Å². The molecule has 0 saturated heterocycles. The van der Waals surface area contributed by atoms with Crippen LogP contribution in [0.5, 0.6) is 0 Å². The molecule has 0 aromatic heterocycles. The number of allylic oxidation sites excluding steroid dienone is 1. The molecule has 0 heterocycles. The molecule has 0 aliphatic rings. The van der Waals surface area contributed by atoms with E-state index in [2.05, 4.69) is 0 Å². The highest BCUT2D eigenvalue weighted by molar-refractivity contribution is 5.91. The first-order valence-electron chi connectivity index (χ1n) is 3.48. The molecule has 0 aliphatic carbocycles. The van der Waals surface area contributed by atoms with E-state index in [1.807, 2.05) is 6.92 Å². The van der Waals surface area contributed by atoms with Crippen LogP contribution in [0.1, 0.15) is 26.7 Å². The lowest BCUT2D eigenvalue weighted by Gasteiger charge is -2.04. The van der Waals surface area contributed by atoms with Crippen LogP contribution in [0.25, 0.3) is 0 Å². The quantitative estimate of drug-likeness (QED) is 0.371. The van der Waals surface area contributed by atoms with Gasteiger partial charge in [-0.2, -0.15) is 0 Å². The smallest absolute Gasteiger partial charge is 0.265 e. The Balaban J connectivity index is 4.01. The molecule has 0 rings (SSSR count). The van der Waals surface area contributed by atoms with Gasteiger partial charge in [-0.15, -0.1) is 0 Å². The maximum atomic E-state index is 10.7. The van der Waals surface area contributed by atoms with Gasteiger partial charge in [0.15, 0.2) is 0 Å². The standard InChI is InChI=1S/C7H13NO3/c1-3-4-5-6(2)7(9)8(10)11/h5,10-11H,3-4H2,1-2H3. The average molecular weight is 159 g/mol. The van der Waals surface area contributed by atoms with Gasteiger partial charge in [-0.3, -0.25) is 15.2 Å². The van der Waals surface area contributed by atoms with Gasteiger partial charge in [0.25, 0.3) is 5.91 Å². The SMILES string of the molecule is CCCC=C(C)C(=O)N(O)O. The fourth-order valence-corrected chi connectivity index (χ4v) is 0.606. The number of amides is 1. The number of carbonyl (C=O) groups is 1. The summed E-state index contributed by atoms with van der Waals surface area (Å²) >= 11 is 0. The fourth-order valence-electron chi connectivity index (χ4n) is 0.606. The third-order valence-corrected chi connectivity index (χ3v) is 1.26. The molecule has 64 valence electrons. The van der Waals surface area contributed by atoms with E-state index in [9.17, 15) is 4.79 Å². The predicted molar refractivity (Wildman–Crippen MR) is 39.1 cm³/mol. The van der Waals surface area contributed by atoms with Crippen LogP contribution in [-0.4, -0.2) is 21.5 Å². The molecule has 4 nitrogen and oxygen atoms in total. The molecule has 0 fully saturated rings. The highest BCUT2D eigenvalue weighted by Crippen LogP contribution is 2.00. The van der Waals surface area contributed by atoms with Crippen molar-refractivity contribution in [1.82, 2.24) is 5.23 Å². The molecule has 0 bridgehead atoms. The highest BCUT2D eigenvalue weighted by atomic mass is 16.8. The summed E-state index contributed by atoms with van der Waals surface area (Å²) < 4.78 is 0. The van der Waals surface area contributed by atoms with Gasteiger partial charge in [0.1, 0.15) is 0 Å². The van der Waals surface area contributed by atoms with Crippen LogP contribution in [0, 0.1) is 0 Å². The van der Waals surface area contributed by atoms with Crippen molar-refractivity contribution >= 4 is 5.91 Å². The van der Waals surface area contributed by atoms with Crippen molar-refractivity contribution in [2.75, 3.05) is 0 Å². The van der Waals surface area contributed by atoms with Crippen LogP contribution >= 0.6 is 0 Å². The van der Waals surface area contributed by atoms with Crippen LogP contribution in [0.4, 0.5) is 0 Å². The fraction of sp³-hybridized carbons (Fsp3) is 0.571. The number of hydrogen-bond donors (Lipinski definition) is 2. The molecule has 11 heavy (non-hydrogen) atoms. The van der Waals surface area contributed by atoms with Gasteiger partial charge in [-0.05, 0) is 13.3 Å². The topological polar surface area (TPSA) is 60.8 Å². The number of rotatable bonds is 3. The van der Waals surface area contributed by atoms with Crippen molar-refractivity contribution < 1.29 is 15.2 Å². The molecule has 0 saturated carbocycles. The van der Waals surface area contributed by atoms with Gasteiger partial charge in [0.2, 0.25) is 0 Å². The molecule has 0 aromatic carbocycles. The van der Waals surface area contributed by atoms with Crippen LogP contribution in [0.15, 0.2) is 11.6 Å². The Labute approximate surface area is 65.7 Å². The summed E-state index contributed by atoms with van der Waals surface area (Å²) in [4.78, 5) is 10.7. The Morgan fingerprint density at radius 1 is 1.55 bits per heavy atom. The Bertz CT molecular complexity index is 163. The Hall–Kier alpha value is -0.870. The number of nitrogens with zero attached hydrogens (tertiary/aromatic N) is 1. The molecular weight excluding hydrogens is 146 g/mol. The number of carbonyl (C=O) groups excluding carboxylic acids is 1. The van der Waals surface area contributed by atoms with Gasteiger partial charge < -0.3 is 0 Å². The lowest BCUT2D eigenvalue weighted by atomic mass is 10.2. The van der Waals surface area contributed by atoms with E-state index in [1.54, 1.807) is 6.08 Å². The maximum absolute atomic E-state index is 10.7. The summed E-state index contributed by atoms with van der Waals surface area (Å²) in [7, 11) is 0. The van der Waals surface area contributed by atoms with E-state index < -0.39 is 11.1 Å². The van der Waals surface area contributed by atoms with Gasteiger partial charge >= 0.3 is 0 Å². The summed E-state index contributed by atoms with van der Waals surface area (Å²) in [6, 6.07) is 0. The average Bonchev–Trinajstić information content (AvgIpc) is 1.98. The van der Waals surface area contributed by atoms with Gasteiger partial charge in [-0.1, -0.05) is 24.6 Å². The van der Waals surface area contributed by atoms with Gasteiger partial charge in [-0.25, -0.2) is 0 Å². The van der Waals surface area contributed by atoms with E-state index >= 15 is 0 Å². The van der Waals surface area contributed by atoms with Crippen molar-refractivity contribution in [2.24, 2.45) is 0 Å². The third-order valence-electron chi connectivity index (χ3n) is 1.26. The van der Waals surface area contributed by atoms with Gasteiger partial charge in [0, 0.05) is 5.57 Å². The zero-order valence-corrected chi connectivity index (χ0v) is 6.74. The molecule has 0 aliphatic heterocycles. The molecule has 0 radical (unpaired) electrons. The van der Waals surface area contributed by atoms with Crippen LogP contribution in [0.3, 0.4) is 0 Å². The molecular formula is C7H13NO3. The van der Waals surface area contributed by atoms with Crippen molar-refractivity contribution in [3.63, 3.8) is 0 Å². The van der Waals surface area contributed by atoms with Crippen molar-refractivity contribution in [1.29, 1.82) is 0 Å². The lowest BCUT2D eigenvalue weighted by molar-refractivity contribution is -0.281. The molecule has 0 spiro atoms. The Morgan fingerprint density at radius 2 is 2.09 bits per heavy atom. The molecule has 1 amide bonds. The number of hydrogen-bond acceptors (Lipinski definition) is 3. The molecule has 0 unspecified atom stereocenters. The normalized spacial score (nSPS) is 11.5. The second-order valence-electron chi connectivity index (χ2n) is 2.27. The monoisotopic (exact) mass is 159 g/mol. The summed E-state index contributed by atoms with van der Waals surface area (Å²) in [6.07, 6.45) is 3.37. The van der Waals surface area contributed by atoms with Crippen molar-refractivity contribution in [3.8, 4) is 0 Å². The Morgan fingerprint density at radius 3 is 2.45 bits per heavy atom.